The summed E-state index contributed by atoms with van der Waals surface area (Å²) in [6.45, 7) is 5.91. The Morgan fingerprint density at radius 1 is 1.10 bits per heavy atom. The fourth-order valence-electron chi connectivity index (χ4n) is 4.20. The topological polar surface area (TPSA) is 105 Å². The molecule has 3 heterocycles. The highest BCUT2D eigenvalue weighted by Gasteiger charge is 2.33. The summed E-state index contributed by atoms with van der Waals surface area (Å²) in [6, 6.07) is 10.8. The molecule has 0 atom stereocenters. The van der Waals surface area contributed by atoms with Crippen molar-refractivity contribution in [2.45, 2.75) is 32.9 Å². The highest BCUT2D eigenvalue weighted by Crippen LogP contribution is 2.34. The van der Waals surface area contributed by atoms with E-state index < -0.39 is 23.6 Å². The van der Waals surface area contributed by atoms with Crippen molar-refractivity contribution in [3.8, 4) is 17.2 Å². The van der Waals surface area contributed by atoms with Gasteiger partial charge in [0, 0.05) is 11.8 Å². The molecule has 0 spiro atoms. The Labute approximate surface area is 241 Å². The molecule has 3 amide bonds. The molecule has 9 nitrogen and oxygen atoms in total. The van der Waals surface area contributed by atoms with Crippen molar-refractivity contribution < 1.29 is 27.2 Å². The third-order valence-electron chi connectivity index (χ3n) is 6.28. The second-order valence-electron chi connectivity index (χ2n) is 9.67. The third kappa shape index (κ3) is 6.03. The van der Waals surface area contributed by atoms with Crippen molar-refractivity contribution in [3.63, 3.8) is 0 Å². The number of benzene rings is 2. The van der Waals surface area contributed by atoms with E-state index in [-0.39, 0.29) is 45.6 Å². The van der Waals surface area contributed by atoms with E-state index in [0.29, 0.717) is 11.9 Å². The minimum Gasteiger partial charge on any atom is -0.303 e. The van der Waals surface area contributed by atoms with Crippen LogP contribution in [0.2, 0.25) is 0 Å². The lowest BCUT2D eigenvalue weighted by Crippen LogP contribution is -2.31. The number of anilines is 2. The number of hydrogen-bond acceptors (Lipinski definition) is 6. The zero-order chi connectivity index (χ0) is 30.2. The zero-order valence-electron chi connectivity index (χ0n) is 22.5. The Balaban J connectivity index is 1.33. The van der Waals surface area contributed by atoms with Gasteiger partial charge in [0.25, 0.3) is 0 Å². The molecule has 216 valence electrons. The Morgan fingerprint density at radius 3 is 2.55 bits per heavy atom. The van der Waals surface area contributed by atoms with Gasteiger partial charge in [-0.3, -0.25) is 9.69 Å². The first-order valence-corrected chi connectivity index (χ1v) is 13.6. The Bertz CT molecular complexity index is 1700. The minimum atomic E-state index is -4.52. The molecular formula is C28H23F4N7O2S. The summed E-state index contributed by atoms with van der Waals surface area (Å²) >= 11 is 1.12. The summed E-state index contributed by atoms with van der Waals surface area (Å²) in [5.41, 5.74) is 1.72. The summed E-state index contributed by atoms with van der Waals surface area (Å²) in [4.78, 5) is 38.8. The van der Waals surface area contributed by atoms with Crippen LogP contribution in [0.3, 0.4) is 0 Å². The number of nitrogens with zero attached hydrogens (tertiary/aromatic N) is 6. The molecule has 1 aliphatic heterocycles. The van der Waals surface area contributed by atoms with Crippen LogP contribution < -0.4 is 10.2 Å². The molecule has 42 heavy (non-hydrogen) atoms. The third-order valence-corrected chi connectivity index (χ3v) is 7.21. The van der Waals surface area contributed by atoms with Crippen LogP contribution >= 0.6 is 11.8 Å². The minimum absolute atomic E-state index is 0.0874. The lowest BCUT2D eigenvalue weighted by molar-refractivity contribution is -0.137. The molecule has 5 rings (SSSR count). The van der Waals surface area contributed by atoms with Crippen molar-refractivity contribution in [2.24, 2.45) is 4.99 Å². The first-order valence-electron chi connectivity index (χ1n) is 12.6. The van der Waals surface area contributed by atoms with E-state index in [1.165, 1.54) is 23.4 Å². The standard InChI is InChI=1S/C28H23F4N7O2S/c1-15(2)19-7-4-16(3)10-22(19)39-24(40)13-42-27(39)36-26(41)35-21-8-5-17(11-20(21)29)25-34-14-38(37-25)23-9-6-18(12-33-23)28(30,31)32/h4-12,14-15H,13H2,1-3H3,(H,35,41)/b36-27-. The van der Waals surface area contributed by atoms with E-state index in [2.05, 4.69) is 25.4 Å². The largest absolute Gasteiger partial charge is 0.417 e. The van der Waals surface area contributed by atoms with Gasteiger partial charge in [0.1, 0.15) is 12.1 Å². The highest BCUT2D eigenvalue weighted by atomic mass is 32.2. The number of amides is 3. The number of halogens is 4. The second-order valence-corrected chi connectivity index (χ2v) is 10.6. The predicted molar refractivity (Wildman–Crippen MR) is 151 cm³/mol. The van der Waals surface area contributed by atoms with Crippen LogP contribution in [0, 0.1) is 12.7 Å². The van der Waals surface area contributed by atoms with Crippen molar-refractivity contribution in [2.75, 3.05) is 16.0 Å². The lowest BCUT2D eigenvalue weighted by Gasteiger charge is -2.22. The number of hydrogen-bond donors (Lipinski definition) is 1. The van der Waals surface area contributed by atoms with E-state index in [0.717, 1.165) is 45.8 Å². The maximum absolute atomic E-state index is 15.0. The van der Waals surface area contributed by atoms with Crippen LogP contribution in [0.1, 0.15) is 36.5 Å². The number of amidine groups is 1. The Morgan fingerprint density at radius 2 is 1.88 bits per heavy atom. The summed E-state index contributed by atoms with van der Waals surface area (Å²) in [6.07, 6.45) is -2.61. The smallest absolute Gasteiger partial charge is 0.303 e. The summed E-state index contributed by atoms with van der Waals surface area (Å²) in [5.74, 6) is -0.597. The molecule has 1 aliphatic rings. The van der Waals surface area contributed by atoms with Gasteiger partial charge in [-0.25, -0.2) is 23.8 Å². The summed E-state index contributed by atoms with van der Waals surface area (Å²) in [5, 5.41) is 6.75. The number of nitrogens with one attached hydrogen (secondary N) is 1. The van der Waals surface area contributed by atoms with E-state index in [1.807, 2.05) is 39.0 Å². The summed E-state index contributed by atoms with van der Waals surface area (Å²) < 4.78 is 54.5. The molecule has 0 radical (unpaired) electrons. The lowest BCUT2D eigenvalue weighted by atomic mass is 9.99. The van der Waals surface area contributed by atoms with E-state index >= 15 is 0 Å². The van der Waals surface area contributed by atoms with Crippen molar-refractivity contribution >= 4 is 40.2 Å². The fourth-order valence-corrected chi connectivity index (χ4v) is 5.06. The van der Waals surface area contributed by atoms with Crippen LogP contribution in [0.25, 0.3) is 17.2 Å². The Hall–Kier alpha value is -4.59. The highest BCUT2D eigenvalue weighted by molar-refractivity contribution is 8.15. The number of rotatable bonds is 5. The molecule has 1 N–H and O–H groups in total. The van der Waals surface area contributed by atoms with Crippen molar-refractivity contribution in [1.82, 2.24) is 19.7 Å². The van der Waals surface area contributed by atoms with E-state index in [9.17, 15) is 27.2 Å². The van der Waals surface area contributed by atoms with Crippen molar-refractivity contribution in [1.29, 1.82) is 0 Å². The molecule has 0 bridgehead atoms. The van der Waals surface area contributed by atoms with Crippen LogP contribution in [0.4, 0.5) is 33.7 Å². The zero-order valence-corrected chi connectivity index (χ0v) is 23.3. The van der Waals surface area contributed by atoms with Gasteiger partial charge in [0.15, 0.2) is 16.8 Å². The van der Waals surface area contributed by atoms with Crippen LogP contribution in [0.5, 0.6) is 0 Å². The van der Waals surface area contributed by atoms with E-state index in [1.54, 1.807) is 0 Å². The first kappa shape index (κ1) is 28.9. The second kappa shape index (κ2) is 11.4. The van der Waals surface area contributed by atoms with Crippen LogP contribution in [-0.4, -0.2) is 42.6 Å². The van der Waals surface area contributed by atoms with E-state index in [4.69, 9.17) is 0 Å². The first-order chi connectivity index (χ1) is 19.9. The number of carbonyl (C=O) groups is 2. The molecule has 0 unspecified atom stereocenters. The maximum atomic E-state index is 15.0. The quantitative estimate of drug-likeness (QED) is 0.261. The van der Waals surface area contributed by atoms with Crippen LogP contribution in [-0.2, 0) is 11.0 Å². The number of aromatic nitrogens is 4. The van der Waals surface area contributed by atoms with Gasteiger partial charge < -0.3 is 5.32 Å². The molecule has 2 aromatic carbocycles. The molecule has 1 saturated heterocycles. The number of aryl methyl sites for hydroxylation is 1. The van der Waals surface area contributed by atoms with Gasteiger partial charge in [-0.1, -0.05) is 37.7 Å². The molecule has 0 aliphatic carbocycles. The van der Waals surface area contributed by atoms with Crippen LogP contribution in [0.15, 0.2) is 66.0 Å². The molecule has 14 heteroatoms. The van der Waals surface area contributed by atoms with Gasteiger partial charge in [0.05, 0.1) is 22.7 Å². The average Bonchev–Trinajstić information content (AvgIpc) is 3.56. The number of thioether (sulfide) groups is 1. The van der Waals surface area contributed by atoms with Gasteiger partial charge in [-0.2, -0.15) is 18.2 Å². The number of alkyl halides is 3. The molecule has 0 saturated carbocycles. The summed E-state index contributed by atoms with van der Waals surface area (Å²) in [7, 11) is 0. The molecule has 4 aromatic rings. The average molecular weight is 598 g/mol. The predicted octanol–water partition coefficient (Wildman–Crippen LogP) is 6.59. The van der Waals surface area contributed by atoms with Gasteiger partial charge in [0.2, 0.25) is 5.91 Å². The van der Waals surface area contributed by atoms with Gasteiger partial charge in [-0.15, -0.1) is 5.10 Å². The monoisotopic (exact) mass is 597 g/mol. The van der Waals surface area contributed by atoms with Gasteiger partial charge >= 0.3 is 12.2 Å². The molecule has 1 fully saturated rings. The maximum Gasteiger partial charge on any atom is 0.417 e. The van der Waals surface area contributed by atoms with Crippen molar-refractivity contribution in [3.05, 3.63) is 83.6 Å². The number of urea groups is 1. The molecular weight excluding hydrogens is 574 g/mol. The number of pyridine rings is 1. The SMILES string of the molecule is Cc1ccc(C(C)C)c(N2C(=O)CS/C2=N\C(=O)Nc2ccc(-c3ncn(-c4ccc(C(F)(F)F)cn4)n3)cc2F)c1. The van der Waals surface area contributed by atoms with Gasteiger partial charge in [-0.05, 0) is 60.4 Å². The normalized spacial score (nSPS) is 14.7. The molecule has 2 aromatic heterocycles. The number of aliphatic imine (C=N–C) groups is 1. The number of carbonyl (C=O) groups excluding carboxylic acids is 2. The fraction of sp³-hybridized carbons (Fsp3) is 0.214. The Kier molecular flexibility index (Phi) is 7.82.